The van der Waals surface area contributed by atoms with Gasteiger partial charge < -0.3 is 14.8 Å². The third-order valence-electron chi connectivity index (χ3n) is 3.45. The lowest BCUT2D eigenvalue weighted by Crippen LogP contribution is -2.32. The van der Waals surface area contributed by atoms with Gasteiger partial charge in [0.15, 0.2) is 5.11 Å². The van der Waals surface area contributed by atoms with E-state index in [2.05, 4.69) is 15.8 Å². The SMILES string of the molecule is COc1ccc(CNC(=S)N/N=C(/C)c2ccc(OC)cc2)cc1. The van der Waals surface area contributed by atoms with E-state index in [1.54, 1.807) is 14.2 Å². The van der Waals surface area contributed by atoms with Gasteiger partial charge in [-0.2, -0.15) is 5.10 Å². The Morgan fingerprint density at radius 1 is 0.958 bits per heavy atom. The normalized spacial score (nSPS) is 10.9. The Kier molecular flexibility index (Phi) is 6.57. The van der Waals surface area contributed by atoms with Crippen molar-refractivity contribution in [3.8, 4) is 11.5 Å². The molecule has 0 heterocycles. The number of ether oxygens (including phenoxy) is 2. The van der Waals surface area contributed by atoms with Gasteiger partial charge in [-0.05, 0) is 66.7 Å². The van der Waals surface area contributed by atoms with Gasteiger partial charge in [-0.1, -0.05) is 12.1 Å². The van der Waals surface area contributed by atoms with Crippen molar-refractivity contribution in [2.24, 2.45) is 5.10 Å². The van der Waals surface area contributed by atoms with Crippen LogP contribution in [0, 0.1) is 0 Å². The van der Waals surface area contributed by atoms with Crippen LogP contribution in [0.5, 0.6) is 11.5 Å². The number of nitrogens with zero attached hydrogens (tertiary/aromatic N) is 1. The van der Waals surface area contributed by atoms with Crippen molar-refractivity contribution in [2.75, 3.05) is 14.2 Å². The number of thiocarbonyl (C=S) groups is 1. The topological polar surface area (TPSA) is 54.9 Å². The van der Waals surface area contributed by atoms with Gasteiger partial charge >= 0.3 is 0 Å². The molecule has 2 rings (SSSR count). The van der Waals surface area contributed by atoms with E-state index in [1.165, 1.54) is 0 Å². The van der Waals surface area contributed by atoms with E-state index in [0.29, 0.717) is 11.7 Å². The number of nitrogens with one attached hydrogen (secondary N) is 2. The maximum atomic E-state index is 5.24. The molecule has 0 aromatic heterocycles. The second-order valence-corrected chi connectivity index (χ2v) is 5.48. The molecule has 2 aromatic carbocycles. The summed E-state index contributed by atoms with van der Waals surface area (Å²) in [6.45, 7) is 2.54. The second-order valence-electron chi connectivity index (χ2n) is 5.07. The quantitative estimate of drug-likeness (QED) is 0.480. The van der Waals surface area contributed by atoms with Gasteiger partial charge in [-0.15, -0.1) is 0 Å². The summed E-state index contributed by atoms with van der Waals surface area (Å²) in [5.74, 6) is 1.65. The molecule has 0 radical (unpaired) electrons. The Morgan fingerprint density at radius 2 is 1.50 bits per heavy atom. The molecule has 0 spiro atoms. The molecule has 2 N–H and O–H groups in total. The van der Waals surface area contributed by atoms with E-state index >= 15 is 0 Å². The standard InChI is InChI=1S/C18H21N3O2S/c1-13(15-6-10-17(23-3)11-7-15)20-21-18(24)19-12-14-4-8-16(22-2)9-5-14/h4-11H,12H2,1-3H3,(H2,19,21,24)/b20-13-. The highest BCUT2D eigenvalue weighted by Crippen LogP contribution is 2.12. The minimum Gasteiger partial charge on any atom is -0.497 e. The summed E-state index contributed by atoms with van der Waals surface area (Å²) in [5, 5.41) is 7.88. The van der Waals surface area contributed by atoms with Crippen LogP contribution >= 0.6 is 12.2 Å². The minimum atomic E-state index is 0.471. The van der Waals surface area contributed by atoms with Gasteiger partial charge in [-0.25, -0.2) is 0 Å². The van der Waals surface area contributed by atoms with Gasteiger partial charge in [0.1, 0.15) is 11.5 Å². The summed E-state index contributed by atoms with van der Waals surface area (Å²) in [4.78, 5) is 0. The summed E-state index contributed by atoms with van der Waals surface area (Å²) in [6.07, 6.45) is 0. The summed E-state index contributed by atoms with van der Waals surface area (Å²) in [7, 11) is 3.29. The molecule has 0 bridgehead atoms. The number of hydrogen-bond acceptors (Lipinski definition) is 4. The molecule has 2 aromatic rings. The van der Waals surface area contributed by atoms with Crippen LogP contribution in [0.25, 0.3) is 0 Å². The molecular formula is C18H21N3O2S. The number of benzene rings is 2. The van der Waals surface area contributed by atoms with Crippen molar-refractivity contribution in [1.82, 2.24) is 10.7 Å². The van der Waals surface area contributed by atoms with Gasteiger partial charge in [0.25, 0.3) is 0 Å². The van der Waals surface area contributed by atoms with Crippen molar-refractivity contribution in [3.05, 3.63) is 59.7 Å². The van der Waals surface area contributed by atoms with Crippen LogP contribution in [0.15, 0.2) is 53.6 Å². The van der Waals surface area contributed by atoms with Crippen molar-refractivity contribution < 1.29 is 9.47 Å². The summed E-state index contributed by atoms with van der Waals surface area (Å²) < 4.78 is 10.3. The molecule has 0 saturated carbocycles. The van der Waals surface area contributed by atoms with E-state index in [0.717, 1.165) is 28.3 Å². The molecule has 0 aliphatic carbocycles. The smallest absolute Gasteiger partial charge is 0.187 e. The van der Waals surface area contributed by atoms with E-state index in [-0.39, 0.29) is 0 Å². The lowest BCUT2D eigenvalue weighted by atomic mass is 10.1. The maximum Gasteiger partial charge on any atom is 0.187 e. The second kappa shape index (κ2) is 8.88. The fourth-order valence-corrected chi connectivity index (χ4v) is 2.11. The van der Waals surface area contributed by atoms with Crippen LogP contribution < -0.4 is 20.2 Å². The van der Waals surface area contributed by atoms with Gasteiger partial charge in [0.2, 0.25) is 0 Å². The maximum absolute atomic E-state index is 5.24. The third kappa shape index (κ3) is 5.24. The predicted molar refractivity (Wildman–Crippen MR) is 101 cm³/mol. The highest BCUT2D eigenvalue weighted by Gasteiger charge is 2.00. The van der Waals surface area contributed by atoms with E-state index in [1.807, 2.05) is 55.5 Å². The van der Waals surface area contributed by atoms with Crippen LogP contribution in [0.4, 0.5) is 0 Å². The van der Waals surface area contributed by atoms with Crippen molar-refractivity contribution >= 4 is 23.0 Å². The fraction of sp³-hybridized carbons (Fsp3) is 0.222. The first-order valence-corrected chi connectivity index (χ1v) is 7.88. The van der Waals surface area contributed by atoms with Crippen LogP contribution in [0.2, 0.25) is 0 Å². The molecule has 0 aliphatic rings. The Bertz CT molecular complexity index is 697. The zero-order chi connectivity index (χ0) is 17.4. The first kappa shape index (κ1) is 17.7. The summed E-state index contributed by atoms with van der Waals surface area (Å²) in [6, 6.07) is 15.5. The molecule has 24 heavy (non-hydrogen) atoms. The Balaban J connectivity index is 1.84. The lowest BCUT2D eigenvalue weighted by molar-refractivity contribution is 0.414. The first-order valence-electron chi connectivity index (χ1n) is 7.48. The Hall–Kier alpha value is -2.60. The number of hydrogen-bond donors (Lipinski definition) is 2. The average molecular weight is 343 g/mol. The lowest BCUT2D eigenvalue weighted by Gasteiger charge is -2.09. The fourth-order valence-electron chi connectivity index (χ4n) is 2.00. The van der Waals surface area contributed by atoms with Crippen LogP contribution in [-0.4, -0.2) is 25.0 Å². The highest BCUT2D eigenvalue weighted by molar-refractivity contribution is 7.80. The third-order valence-corrected chi connectivity index (χ3v) is 3.68. The van der Waals surface area contributed by atoms with Crippen molar-refractivity contribution in [3.63, 3.8) is 0 Å². The highest BCUT2D eigenvalue weighted by atomic mass is 32.1. The summed E-state index contributed by atoms with van der Waals surface area (Å²) in [5.41, 5.74) is 5.80. The van der Waals surface area contributed by atoms with E-state index < -0.39 is 0 Å². The van der Waals surface area contributed by atoms with Crippen LogP contribution in [0.3, 0.4) is 0 Å². The number of hydrazone groups is 1. The monoisotopic (exact) mass is 343 g/mol. The summed E-state index contributed by atoms with van der Waals surface area (Å²) >= 11 is 5.24. The van der Waals surface area contributed by atoms with Crippen LogP contribution in [0.1, 0.15) is 18.1 Å². The molecular weight excluding hydrogens is 322 g/mol. The Labute approximate surface area is 147 Å². The van der Waals surface area contributed by atoms with Crippen molar-refractivity contribution in [2.45, 2.75) is 13.5 Å². The minimum absolute atomic E-state index is 0.471. The van der Waals surface area contributed by atoms with Gasteiger partial charge in [0.05, 0.1) is 19.9 Å². The van der Waals surface area contributed by atoms with Crippen LogP contribution in [-0.2, 0) is 6.54 Å². The molecule has 0 unspecified atom stereocenters. The van der Waals surface area contributed by atoms with E-state index in [4.69, 9.17) is 21.7 Å². The van der Waals surface area contributed by atoms with Gasteiger partial charge in [-0.3, -0.25) is 5.43 Å². The first-order chi connectivity index (χ1) is 11.6. The molecule has 0 saturated heterocycles. The average Bonchev–Trinajstić information content (AvgIpc) is 2.64. The largest absolute Gasteiger partial charge is 0.497 e. The zero-order valence-electron chi connectivity index (χ0n) is 14.0. The predicted octanol–water partition coefficient (Wildman–Crippen LogP) is 3.09. The van der Waals surface area contributed by atoms with Gasteiger partial charge in [0, 0.05) is 6.54 Å². The number of methoxy groups -OCH3 is 2. The molecule has 0 aliphatic heterocycles. The molecule has 6 heteroatoms. The van der Waals surface area contributed by atoms with Crippen molar-refractivity contribution in [1.29, 1.82) is 0 Å². The Morgan fingerprint density at radius 3 is 2.04 bits per heavy atom. The molecule has 126 valence electrons. The molecule has 0 amide bonds. The zero-order valence-corrected chi connectivity index (χ0v) is 14.8. The molecule has 5 nitrogen and oxygen atoms in total. The molecule has 0 atom stereocenters. The van der Waals surface area contributed by atoms with E-state index in [9.17, 15) is 0 Å². The number of rotatable bonds is 6. The molecule has 0 fully saturated rings.